The molecular formula is C12H16ClN3O3S. The van der Waals surface area contributed by atoms with Gasteiger partial charge < -0.3 is 10.6 Å². The SMILES string of the molecule is CC1CCNC1C(=O)Nc1cc(S(N)(=O)=O)ccc1Cl. The molecule has 1 aromatic rings. The first-order valence-corrected chi connectivity index (χ1v) is 8.08. The molecule has 6 nitrogen and oxygen atoms in total. The van der Waals surface area contributed by atoms with Crippen molar-refractivity contribution >= 4 is 33.2 Å². The average Bonchev–Trinajstić information content (AvgIpc) is 2.77. The van der Waals surface area contributed by atoms with Gasteiger partial charge in [-0.1, -0.05) is 18.5 Å². The predicted octanol–water partition coefficient (Wildman–Crippen LogP) is 0.924. The molecule has 0 radical (unpaired) electrons. The summed E-state index contributed by atoms with van der Waals surface area (Å²) in [6, 6.07) is 3.64. The standard InChI is InChI=1S/C12H16ClN3O3S/c1-7-4-5-15-11(7)12(17)16-10-6-8(20(14,18)19)2-3-9(10)13/h2-3,6-7,11,15H,4-5H2,1H3,(H,16,17)(H2,14,18,19). The Morgan fingerprint density at radius 3 is 2.75 bits per heavy atom. The van der Waals surface area contributed by atoms with E-state index < -0.39 is 10.0 Å². The van der Waals surface area contributed by atoms with Crippen LogP contribution >= 0.6 is 11.6 Å². The van der Waals surface area contributed by atoms with Crippen LogP contribution < -0.4 is 15.8 Å². The summed E-state index contributed by atoms with van der Waals surface area (Å²) in [6.07, 6.45) is 0.920. The lowest BCUT2D eigenvalue weighted by Gasteiger charge is -2.16. The quantitative estimate of drug-likeness (QED) is 0.771. The highest BCUT2D eigenvalue weighted by molar-refractivity contribution is 7.89. The molecule has 0 spiro atoms. The van der Waals surface area contributed by atoms with Gasteiger partial charge in [-0.15, -0.1) is 0 Å². The van der Waals surface area contributed by atoms with Crippen molar-refractivity contribution in [1.82, 2.24) is 5.32 Å². The van der Waals surface area contributed by atoms with Gasteiger partial charge in [-0.05, 0) is 37.1 Å². The lowest BCUT2D eigenvalue weighted by Crippen LogP contribution is -2.39. The van der Waals surface area contributed by atoms with Crippen molar-refractivity contribution in [2.75, 3.05) is 11.9 Å². The van der Waals surface area contributed by atoms with Gasteiger partial charge >= 0.3 is 0 Å². The highest BCUT2D eigenvalue weighted by Crippen LogP contribution is 2.26. The first kappa shape index (κ1) is 15.2. The third-order valence-electron chi connectivity index (χ3n) is 3.34. The lowest BCUT2D eigenvalue weighted by atomic mass is 10.0. The van der Waals surface area contributed by atoms with E-state index in [9.17, 15) is 13.2 Å². The van der Waals surface area contributed by atoms with Crippen LogP contribution in [0.1, 0.15) is 13.3 Å². The molecule has 0 aromatic heterocycles. The van der Waals surface area contributed by atoms with Gasteiger partial charge in [0.2, 0.25) is 15.9 Å². The maximum atomic E-state index is 12.1. The summed E-state index contributed by atoms with van der Waals surface area (Å²) in [6.45, 7) is 2.76. The number of carbonyl (C=O) groups is 1. The van der Waals surface area contributed by atoms with Crippen LogP contribution in [0.4, 0.5) is 5.69 Å². The van der Waals surface area contributed by atoms with Crippen LogP contribution in [0.2, 0.25) is 5.02 Å². The number of hydrogen-bond donors (Lipinski definition) is 3. The molecule has 1 aliphatic heterocycles. The molecular weight excluding hydrogens is 302 g/mol. The summed E-state index contributed by atoms with van der Waals surface area (Å²) in [5, 5.41) is 11.0. The van der Waals surface area contributed by atoms with Gasteiger partial charge in [0, 0.05) is 0 Å². The molecule has 1 amide bonds. The molecule has 1 fully saturated rings. The third kappa shape index (κ3) is 3.29. The maximum absolute atomic E-state index is 12.1. The first-order valence-electron chi connectivity index (χ1n) is 6.15. The summed E-state index contributed by atoms with van der Waals surface area (Å²) in [7, 11) is -3.83. The monoisotopic (exact) mass is 317 g/mol. The van der Waals surface area contributed by atoms with Gasteiger partial charge in [0.05, 0.1) is 21.6 Å². The van der Waals surface area contributed by atoms with Crippen LogP contribution in [0.15, 0.2) is 23.1 Å². The van der Waals surface area contributed by atoms with Gasteiger partial charge in [0.15, 0.2) is 0 Å². The Morgan fingerprint density at radius 2 is 2.20 bits per heavy atom. The van der Waals surface area contributed by atoms with E-state index in [1.54, 1.807) is 0 Å². The fourth-order valence-electron chi connectivity index (χ4n) is 2.17. The number of sulfonamides is 1. The maximum Gasteiger partial charge on any atom is 0.241 e. The van der Waals surface area contributed by atoms with Gasteiger partial charge in [0.1, 0.15) is 0 Å². The number of rotatable bonds is 3. The van der Waals surface area contributed by atoms with Crippen molar-refractivity contribution < 1.29 is 13.2 Å². The largest absolute Gasteiger partial charge is 0.323 e. The normalized spacial score (nSPS) is 22.8. The van der Waals surface area contributed by atoms with Gasteiger partial charge in [-0.2, -0.15) is 0 Å². The zero-order chi connectivity index (χ0) is 14.9. The molecule has 20 heavy (non-hydrogen) atoms. The molecule has 1 saturated heterocycles. The highest BCUT2D eigenvalue weighted by atomic mass is 35.5. The minimum absolute atomic E-state index is 0.0929. The number of halogens is 1. The van der Waals surface area contributed by atoms with Crippen molar-refractivity contribution in [2.45, 2.75) is 24.3 Å². The van der Waals surface area contributed by atoms with Crippen LogP contribution in [-0.4, -0.2) is 26.9 Å². The number of nitrogens with two attached hydrogens (primary N) is 1. The Labute approximate surface area is 122 Å². The van der Waals surface area contributed by atoms with E-state index in [-0.39, 0.29) is 33.5 Å². The van der Waals surface area contributed by atoms with Crippen molar-refractivity contribution in [3.05, 3.63) is 23.2 Å². The third-order valence-corrected chi connectivity index (χ3v) is 4.58. The van der Waals surface area contributed by atoms with E-state index in [1.807, 2.05) is 6.92 Å². The van der Waals surface area contributed by atoms with Gasteiger partial charge in [0.25, 0.3) is 0 Å². The fraction of sp³-hybridized carbons (Fsp3) is 0.417. The Kier molecular flexibility index (Phi) is 4.33. The Bertz CT molecular complexity index is 633. The van der Waals surface area contributed by atoms with Crippen molar-refractivity contribution in [1.29, 1.82) is 0 Å². The van der Waals surface area contributed by atoms with E-state index in [2.05, 4.69) is 10.6 Å². The van der Waals surface area contributed by atoms with Crippen LogP contribution in [0.5, 0.6) is 0 Å². The number of benzene rings is 1. The zero-order valence-corrected chi connectivity index (χ0v) is 12.5. The second-order valence-electron chi connectivity index (χ2n) is 4.87. The number of nitrogens with one attached hydrogen (secondary N) is 2. The molecule has 2 rings (SSSR count). The molecule has 1 aromatic carbocycles. The van der Waals surface area contributed by atoms with Crippen LogP contribution in [0.3, 0.4) is 0 Å². The van der Waals surface area contributed by atoms with Crippen LogP contribution in [-0.2, 0) is 14.8 Å². The second-order valence-corrected chi connectivity index (χ2v) is 6.84. The molecule has 1 aliphatic rings. The van der Waals surface area contributed by atoms with E-state index in [0.29, 0.717) is 0 Å². The van der Waals surface area contributed by atoms with Gasteiger partial charge in [-0.3, -0.25) is 4.79 Å². The number of carbonyl (C=O) groups excluding carboxylic acids is 1. The minimum Gasteiger partial charge on any atom is -0.323 e. The van der Waals surface area contributed by atoms with Gasteiger partial charge in [-0.25, -0.2) is 13.6 Å². The highest BCUT2D eigenvalue weighted by Gasteiger charge is 2.29. The van der Waals surface area contributed by atoms with E-state index >= 15 is 0 Å². The first-order chi connectivity index (χ1) is 9.29. The van der Waals surface area contributed by atoms with Crippen molar-refractivity contribution in [2.24, 2.45) is 11.1 Å². The van der Waals surface area contributed by atoms with E-state index in [4.69, 9.17) is 16.7 Å². The number of primary sulfonamides is 1. The average molecular weight is 318 g/mol. The predicted molar refractivity (Wildman–Crippen MR) is 77.0 cm³/mol. The summed E-state index contributed by atoms with van der Waals surface area (Å²) >= 11 is 5.96. The zero-order valence-electron chi connectivity index (χ0n) is 10.9. The second kappa shape index (κ2) is 5.69. The number of anilines is 1. The summed E-state index contributed by atoms with van der Waals surface area (Å²) in [4.78, 5) is 12.0. The summed E-state index contributed by atoms with van der Waals surface area (Å²) in [5.41, 5.74) is 0.240. The number of hydrogen-bond acceptors (Lipinski definition) is 4. The Morgan fingerprint density at radius 1 is 1.50 bits per heavy atom. The van der Waals surface area contributed by atoms with Crippen LogP contribution in [0.25, 0.3) is 0 Å². The Hall–Kier alpha value is -1.15. The minimum atomic E-state index is -3.83. The van der Waals surface area contributed by atoms with Crippen molar-refractivity contribution in [3.8, 4) is 0 Å². The van der Waals surface area contributed by atoms with E-state index in [1.165, 1.54) is 18.2 Å². The fourth-order valence-corrected chi connectivity index (χ4v) is 2.88. The van der Waals surface area contributed by atoms with Crippen molar-refractivity contribution in [3.63, 3.8) is 0 Å². The molecule has 1 heterocycles. The molecule has 0 saturated carbocycles. The molecule has 0 aliphatic carbocycles. The molecule has 2 unspecified atom stereocenters. The molecule has 0 bridgehead atoms. The van der Waals surface area contributed by atoms with E-state index in [0.717, 1.165) is 13.0 Å². The molecule has 2 atom stereocenters. The summed E-state index contributed by atoms with van der Waals surface area (Å²) < 4.78 is 22.6. The topological polar surface area (TPSA) is 101 Å². The van der Waals surface area contributed by atoms with Crippen LogP contribution in [0, 0.1) is 5.92 Å². The molecule has 8 heteroatoms. The number of amides is 1. The molecule has 4 N–H and O–H groups in total. The lowest BCUT2D eigenvalue weighted by molar-refractivity contribution is -0.118. The summed E-state index contributed by atoms with van der Waals surface area (Å²) in [5.74, 6) is -0.0151. The smallest absolute Gasteiger partial charge is 0.241 e. The molecule has 110 valence electrons. The Balaban J connectivity index is 2.22.